The summed E-state index contributed by atoms with van der Waals surface area (Å²) >= 11 is 11.8. The number of hydrogen-bond acceptors (Lipinski definition) is 3. The lowest BCUT2D eigenvalue weighted by atomic mass is 10.2. The van der Waals surface area contributed by atoms with Crippen LogP contribution in [-0.2, 0) is 4.79 Å². The van der Waals surface area contributed by atoms with Gasteiger partial charge in [0.25, 0.3) is 0 Å². The number of carbonyl (C=O) groups is 2. The maximum Gasteiger partial charge on any atom is 0.336 e. The lowest BCUT2D eigenvalue weighted by molar-refractivity contribution is -0.128. The monoisotopic (exact) mass is 320 g/mol. The zero-order valence-corrected chi connectivity index (χ0v) is 12.3. The first-order chi connectivity index (χ1) is 10.1. The number of benzene rings is 2. The van der Waals surface area contributed by atoms with E-state index in [1.165, 1.54) is 12.2 Å². The molecule has 2 aromatic rings. The zero-order chi connectivity index (χ0) is 15.2. The van der Waals surface area contributed by atoms with Gasteiger partial charge in [0.1, 0.15) is 5.75 Å². The van der Waals surface area contributed by atoms with Crippen LogP contribution >= 0.6 is 23.2 Å². The summed E-state index contributed by atoms with van der Waals surface area (Å²) in [7, 11) is 0. The summed E-state index contributed by atoms with van der Waals surface area (Å²) in [6, 6.07) is 11.4. The van der Waals surface area contributed by atoms with Crippen LogP contribution in [-0.4, -0.2) is 12.3 Å². The third-order valence-corrected chi connectivity index (χ3v) is 3.18. The number of carbonyl (C=O) groups excluding carboxylic acids is 2. The molecule has 21 heavy (non-hydrogen) atoms. The Morgan fingerprint density at radius 1 is 1.05 bits per heavy atom. The number of esters is 1. The van der Waals surface area contributed by atoms with Crippen molar-refractivity contribution in [3.8, 4) is 5.75 Å². The molecular weight excluding hydrogens is 311 g/mol. The second kappa shape index (κ2) is 7.07. The molecule has 0 saturated carbocycles. The number of ether oxygens (including phenoxy) is 1. The van der Waals surface area contributed by atoms with E-state index in [9.17, 15) is 9.59 Å². The highest BCUT2D eigenvalue weighted by molar-refractivity contribution is 6.35. The predicted octanol–water partition coefficient (Wildman–Crippen LogP) is 4.42. The summed E-state index contributed by atoms with van der Waals surface area (Å²) in [5.74, 6) is -0.389. The van der Waals surface area contributed by atoms with E-state index in [1.807, 2.05) is 0 Å². The molecule has 0 radical (unpaired) electrons. The highest BCUT2D eigenvalue weighted by Gasteiger charge is 2.06. The van der Waals surface area contributed by atoms with E-state index in [2.05, 4.69) is 0 Å². The Hall–Kier alpha value is -2.10. The molecule has 3 nitrogen and oxygen atoms in total. The summed E-state index contributed by atoms with van der Waals surface area (Å²) < 4.78 is 5.10. The molecule has 0 aromatic heterocycles. The summed E-state index contributed by atoms with van der Waals surface area (Å²) in [4.78, 5) is 22.6. The summed E-state index contributed by atoms with van der Waals surface area (Å²) in [5, 5.41) is 0.944. The fourth-order valence-electron chi connectivity index (χ4n) is 1.61. The highest BCUT2D eigenvalue weighted by Crippen LogP contribution is 2.22. The molecule has 0 spiro atoms. The van der Waals surface area contributed by atoms with Crippen LogP contribution in [0.5, 0.6) is 5.75 Å². The Bertz CT molecular complexity index is 708. The third-order valence-electron chi connectivity index (χ3n) is 2.62. The maximum atomic E-state index is 11.7. The van der Waals surface area contributed by atoms with Crippen molar-refractivity contribution in [1.29, 1.82) is 0 Å². The van der Waals surface area contributed by atoms with Gasteiger partial charge in [0.05, 0.1) is 5.56 Å². The summed E-state index contributed by atoms with van der Waals surface area (Å²) in [5.41, 5.74) is 0.950. The smallest absolute Gasteiger partial charge is 0.336 e. The molecule has 0 N–H and O–H groups in total. The van der Waals surface area contributed by atoms with Crippen LogP contribution in [0.4, 0.5) is 0 Å². The van der Waals surface area contributed by atoms with Gasteiger partial charge in [0.2, 0.25) is 0 Å². The average Bonchev–Trinajstić information content (AvgIpc) is 2.47. The zero-order valence-electron chi connectivity index (χ0n) is 10.8. The van der Waals surface area contributed by atoms with Gasteiger partial charge in [-0.2, -0.15) is 0 Å². The molecule has 0 aliphatic rings. The van der Waals surface area contributed by atoms with Crippen molar-refractivity contribution in [2.45, 2.75) is 0 Å². The quantitative estimate of drug-likeness (QED) is 0.362. The molecule has 2 rings (SSSR count). The van der Waals surface area contributed by atoms with Gasteiger partial charge in [-0.25, -0.2) is 4.79 Å². The Labute approximate surface area is 131 Å². The third kappa shape index (κ3) is 4.18. The number of para-hydroxylation sites is 1. The van der Waals surface area contributed by atoms with Gasteiger partial charge < -0.3 is 4.74 Å². The van der Waals surface area contributed by atoms with Gasteiger partial charge >= 0.3 is 5.97 Å². The summed E-state index contributed by atoms with van der Waals surface area (Å²) in [6.07, 6.45) is 3.38. The summed E-state index contributed by atoms with van der Waals surface area (Å²) in [6.45, 7) is 0. The topological polar surface area (TPSA) is 43.4 Å². The first-order valence-corrected chi connectivity index (χ1v) is 6.75. The van der Waals surface area contributed by atoms with Gasteiger partial charge in [-0.05, 0) is 35.9 Å². The van der Waals surface area contributed by atoms with E-state index in [4.69, 9.17) is 27.9 Å². The van der Waals surface area contributed by atoms with Gasteiger partial charge in [-0.15, -0.1) is 0 Å². The van der Waals surface area contributed by atoms with Crippen molar-refractivity contribution in [3.05, 3.63) is 69.7 Å². The number of halogens is 2. The van der Waals surface area contributed by atoms with Crippen LogP contribution in [0.3, 0.4) is 0 Å². The molecule has 0 heterocycles. The molecule has 0 bridgehead atoms. The second-order valence-electron chi connectivity index (χ2n) is 4.08. The minimum atomic E-state index is -0.602. The number of hydrogen-bond donors (Lipinski definition) is 0. The predicted molar refractivity (Wildman–Crippen MR) is 83.0 cm³/mol. The maximum absolute atomic E-state index is 11.7. The van der Waals surface area contributed by atoms with Crippen LogP contribution in [0.2, 0.25) is 10.0 Å². The average molecular weight is 321 g/mol. The molecule has 106 valence electrons. The first-order valence-electron chi connectivity index (χ1n) is 5.99. The Kier molecular flexibility index (Phi) is 5.14. The number of rotatable bonds is 4. The van der Waals surface area contributed by atoms with Crippen molar-refractivity contribution >= 4 is 41.5 Å². The minimum absolute atomic E-state index is 0.212. The van der Waals surface area contributed by atoms with Crippen molar-refractivity contribution < 1.29 is 14.3 Å². The van der Waals surface area contributed by atoms with Crippen molar-refractivity contribution in [3.63, 3.8) is 0 Å². The van der Waals surface area contributed by atoms with Crippen molar-refractivity contribution in [1.82, 2.24) is 0 Å². The van der Waals surface area contributed by atoms with E-state index < -0.39 is 5.97 Å². The fraction of sp³-hybridized carbons (Fsp3) is 0. The Balaban J connectivity index is 2.11. The van der Waals surface area contributed by atoms with Crippen molar-refractivity contribution in [2.75, 3.05) is 0 Å². The van der Waals surface area contributed by atoms with Gasteiger partial charge in [0.15, 0.2) is 6.29 Å². The lowest BCUT2D eigenvalue weighted by Gasteiger charge is -2.03. The molecule has 0 aliphatic heterocycles. The first kappa shape index (κ1) is 15.3. The van der Waals surface area contributed by atoms with Crippen LogP contribution in [0.25, 0.3) is 6.08 Å². The van der Waals surface area contributed by atoms with Crippen LogP contribution in [0.15, 0.2) is 48.5 Å². The Morgan fingerprint density at radius 2 is 1.81 bits per heavy atom. The Morgan fingerprint density at radius 3 is 2.52 bits per heavy atom. The molecular formula is C16H10Cl2O3. The molecule has 5 heteroatoms. The van der Waals surface area contributed by atoms with Gasteiger partial charge in [-0.1, -0.05) is 41.4 Å². The molecule has 0 fully saturated rings. The molecule has 0 saturated heterocycles. The number of aldehydes is 1. The molecule has 0 unspecified atom stereocenters. The van der Waals surface area contributed by atoms with E-state index in [0.717, 1.165) is 0 Å². The molecule has 0 atom stereocenters. The van der Waals surface area contributed by atoms with E-state index in [-0.39, 0.29) is 5.75 Å². The fourth-order valence-corrected chi connectivity index (χ4v) is 2.08. The normalized spacial score (nSPS) is 10.6. The largest absolute Gasteiger partial charge is 0.423 e. The standard InChI is InChI=1S/C16H10Cl2O3/c17-13-7-5-11(14(18)9-13)6-8-16(20)21-15-4-2-1-3-12(15)10-19/h1-10H/b8-6+. The van der Waals surface area contributed by atoms with Crippen LogP contribution < -0.4 is 4.74 Å². The van der Waals surface area contributed by atoms with Crippen molar-refractivity contribution in [2.24, 2.45) is 0 Å². The van der Waals surface area contributed by atoms with Crippen LogP contribution in [0.1, 0.15) is 15.9 Å². The molecule has 0 aliphatic carbocycles. The van der Waals surface area contributed by atoms with Crippen LogP contribution in [0, 0.1) is 0 Å². The lowest BCUT2D eigenvalue weighted by Crippen LogP contribution is -2.05. The van der Waals surface area contributed by atoms with E-state index in [0.29, 0.717) is 27.5 Å². The highest BCUT2D eigenvalue weighted by atomic mass is 35.5. The second-order valence-corrected chi connectivity index (χ2v) is 4.92. The molecule has 0 amide bonds. The van der Waals surface area contributed by atoms with E-state index >= 15 is 0 Å². The van der Waals surface area contributed by atoms with E-state index in [1.54, 1.807) is 42.5 Å². The molecule has 2 aromatic carbocycles. The van der Waals surface area contributed by atoms with Gasteiger partial charge in [0, 0.05) is 16.1 Å². The van der Waals surface area contributed by atoms with Gasteiger partial charge in [-0.3, -0.25) is 4.79 Å². The SMILES string of the molecule is O=Cc1ccccc1OC(=O)/C=C/c1ccc(Cl)cc1Cl. The minimum Gasteiger partial charge on any atom is -0.423 e.